The number of aryl methyl sites for hydroxylation is 1. The Morgan fingerprint density at radius 1 is 1.50 bits per heavy atom. The highest BCUT2D eigenvalue weighted by Gasteiger charge is 2.24. The Labute approximate surface area is 95.1 Å². The molecule has 0 aromatic carbocycles. The van der Waals surface area contributed by atoms with Gasteiger partial charge < -0.3 is 9.88 Å². The van der Waals surface area contributed by atoms with Crippen molar-refractivity contribution in [3.63, 3.8) is 0 Å². The maximum Gasteiger partial charge on any atom is 0.257 e. The second kappa shape index (κ2) is 4.52. The lowest BCUT2D eigenvalue weighted by atomic mass is 10.4. The lowest BCUT2D eigenvalue weighted by molar-refractivity contribution is 0.563. The smallest absolute Gasteiger partial charge is 0.257 e. The second-order valence-corrected chi connectivity index (χ2v) is 5.48. The molecule has 1 aromatic heterocycles. The Morgan fingerprint density at radius 2 is 2.31 bits per heavy atom. The van der Waals surface area contributed by atoms with Gasteiger partial charge in [-0.05, 0) is 13.5 Å². The van der Waals surface area contributed by atoms with Crippen LogP contribution in [0.5, 0.6) is 0 Å². The van der Waals surface area contributed by atoms with Crippen molar-refractivity contribution in [1.82, 2.24) is 19.6 Å². The normalized spacial score (nSPS) is 15.3. The van der Waals surface area contributed by atoms with Gasteiger partial charge in [0, 0.05) is 26.1 Å². The summed E-state index contributed by atoms with van der Waals surface area (Å²) < 4.78 is 28.2. The predicted molar refractivity (Wildman–Crippen MR) is 59.7 cm³/mol. The van der Waals surface area contributed by atoms with Crippen molar-refractivity contribution in [2.75, 3.05) is 20.1 Å². The molecule has 0 atom stereocenters. The van der Waals surface area contributed by atoms with Gasteiger partial charge in [0.15, 0.2) is 5.03 Å². The molecule has 0 amide bonds. The first-order valence-electron chi connectivity index (χ1n) is 5.34. The van der Waals surface area contributed by atoms with Gasteiger partial charge in [-0.1, -0.05) is 0 Å². The first-order valence-corrected chi connectivity index (χ1v) is 6.82. The molecule has 0 aliphatic carbocycles. The molecule has 7 heteroatoms. The zero-order valence-electron chi connectivity index (χ0n) is 9.23. The van der Waals surface area contributed by atoms with E-state index in [-0.39, 0.29) is 5.03 Å². The van der Waals surface area contributed by atoms with Crippen LogP contribution in [0.1, 0.15) is 12.2 Å². The third kappa shape index (κ3) is 2.11. The van der Waals surface area contributed by atoms with Crippen LogP contribution in [0.2, 0.25) is 0 Å². The molecule has 0 bridgehead atoms. The number of hydrogen-bond donors (Lipinski definition) is 2. The van der Waals surface area contributed by atoms with Crippen LogP contribution in [0.3, 0.4) is 0 Å². The molecule has 0 radical (unpaired) electrons. The third-order valence-electron chi connectivity index (χ3n) is 2.63. The van der Waals surface area contributed by atoms with Crippen molar-refractivity contribution < 1.29 is 8.42 Å². The molecule has 0 spiro atoms. The zero-order chi connectivity index (χ0) is 11.6. The van der Waals surface area contributed by atoms with Crippen LogP contribution in [0.4, 0.5) is 0 Å². The fraction of sp³-hybridized carbons (Fsp3) is 0.667. The molecule has 1 aliphatic rings. The van der Waals surface area contributed by atoms with E-state index in [4.69, 9.17) is 0 Å². The van der Waals surface area contributed by atoms with Gasteiger partial charge in [0.2, 0.25) is 0 Å². The van der Waals surface area contributed by atoms with E-state index in [2.05, 4.69) is 15.0 Å². The third-order valence-corrected chi connectivity index (χ3v) is 4.09. The Kier molecular flexibility index (Phi) is 3.27. The maximum atomic E-state index is 11.9. The zero-order valence-corrected chi connectivity index (χ0v) is 10.0. The monoisotopic (exact) mass is 244 g/mol. The highest BCUT2D eigenvalue weighted by Crippen LogP contribution is 2.19. The van der Waals surface area contributed by atoms with Gasteiger partial charge in [0.25, 0.3) is 10.0 Å². The van der Waals surface area contributed by atoms with E-state index in [9.17, 15) is 8.42 Å². The van der Waals surface area contributed by atoms with Gasteiger partial charge in [-0.3, -0.25) is 0 Å². The highest BCUT2D eigenvalue weighted by atomic mass is 32.2. The summed E-state index contributed by atoms with van der Waals surface area (Å²) >= 11 is 0. The molecule has 90 valence electrons. The van der Waals surface area contributed by atoms with E-state index in [1.807, 2.05) is 0 Å². The topological polar surface area (TPSA) is 76.0 Å². The Morgan fingerprint density at radius 3 is 3.06 bits per heavy atom. The lowest BCUT2D eigenvalue weighted by Gasteiger charge is -2.07. The average Bonchev–Trinajstić information content (AvgIpc) is 2.77. The minimum Gasteiger partial charge on any atom is -0.318 e. The molecule has 2 rings (SSSR count). The number of fused-ring (bicyclic) bond motifs is 1. The van der Waals surface area contributed by atoms with Gasteiger partial charge in [-0.2, -0.15) is 0 Å². The van der Waals surface area contributed by atoms with Crippen LogP contribution in [0, 0.1) is 0 Å². The summed E-state index contributed by atoms with van der Waals surface area (Å²) in [6.45, 7) is 1.75. The van der Waals surface area contributed by atoms with Crippen molar-refractivity contribution in [3.05, 3.63) is 12.0 Å². The highest BCUT2D eigenvalue weighted by molar-refractivity contribution is 7.89. The Balaban J connectivity index is 2.16. The summed E-state index contributed by atoms with van der Waals surface area (Å²) in [5.41, 5.74) is 0. The van der Waals surface area contributed by atoms with Gasteiger partial charge in [-0.15, -0.1) is 0 Å². The predicted octanol–water partition coefficient (Wildman–Crippen LogP) is -0.673. The van der Waals surface area contributed by atoms with Gasteiger partial charge in [-0.25, -0.2) is 18.1 Å². The van der Waals surface area contributed by atoms with E-state index in [1.54, 1.807) is 11.6 Å². The van der Waals surface area contributed by atoms with E-state index in [0.29, 0.717) is 13.1 Å². The van der Waals surface area contributed by atoms with Crippen LogP contribution in [0.25, 0.3) is 0 Å². The molecule has 16 heavy (non-hydrogen) atoms. The standard InChI is InChI=1S/C9H16N4O2S/c1-10-4-5-12-16(14,15)9-7-11-8-3-2-6-13(8)9/h7,10,12H,2-6H2,1H3. The summed E-state index contributed by atoms with van der Waals surface area (Å²) in [6.07, 6.45) is 3.28. The summed E-state index contributed by atoms with van der Waals surface area (Å²) in [5.74, 6) is 0.869. The summed E-state index contributed by atoms with van der Waals surface area (Å²) in [4.78, 5) is 4.12. The Hall–Kier alpha value is -0.920. The molecular formula is C9H16N4O2S. The minimum absolute atomic E-state index is 0.288. The molecule has 2 heterocycles. The number of hydrogen-bond acceptors (Lipinski definition) is 4. The molecule has 6 nitrogen and oxygen atoms in total. The van der Waals surface area contributed by atoms with Crippen LogP contribution < -0.4 is 10.0 Å². The maximum absolute atomic E-state index is 11.9. The molecule has 2 N–H and O–H groups in total. The molecule has 0 saturated carbocycles. The summed E-state index contributed by atoms with van der Waals surface area (Å²) in [6, 6.07) is 0. The van der Waals surface area contributed by atoms with E-state index >= 15 is 0 Å². The quantitative estimate of drug-likeness (QED) is 0.673. The van der Waals surface area contributed by atoms with Crippen molar-refractivity contribution in [2.45, 2.75) is 24.4 Å². The molecule has 1 aromatic rings. The number of nitrogens with zero attached hydrogens (tertiary/aromatic N) is 2. The first kappa shape index (κ1) is 11.6. The average molecular weight is 244 g/mol. The summed E-state index contributed by atoms with van der Waals surface area (Å²) in [7, 11) is -1.62. The fourth-order valence-electron chi connectivity index (χ4n) is 1.83. The van der Waals surface area contributed by atoms with E-state index in [1.165, 1.54) is 6.20 Å². The van der Waals surface area contributed by atoms with E-state index in [0.717, 1.165) is 25.2 Å². The second-order valence-electron chi connectivity index (χ2n) is 3.77. The van der Waals surface area contributed by atoms with Crippen LogP contribution in [-0.2, 0) is 23.0 Å². The first-order chi connectivity index (χ1) is 7.65. The number of nitrogens with one attached hydrogen (secondary N) is 2. The fourth-order valence-corrected chi connectivity index (χ4v) is 3.03. The summed E-state index contributed by atoms with van der Waals surface area (Å²) in [5, 5.41) is 3.18. The lowest BCUT2D eigenvalue weighted by Crippen LogP contribution is -2.31. The van der Waals surface area contributed by atoms with E-state index < -0.39 is 10.0 Å². The molecule has 1 aliphatic heterocycles. The number of sulfonamides is 1. The van der Waals surface area contributed by atoms with Gasteiger partial charge in [0.1, 0.15) is 5.82 Å². The van der Waals surface area contributed by atoms with Crippen LogP contribution in [-0.4, -0.2) is 38.1 Å². The SMILES string of the molecule is CNCCNS(=O)(=O)c1cnc2n1CCC2. The number of imidazole rings is 1. The molecule has 0 saturated heterocycles. The largest absolute Gasteiger partial charge is 0.318 e. The van der Waals surface area contributed by atoms with Crippen molar-refractivity contribution in [3.8, 4) is 0 Å². The van der Waals surface area contributed by atoms with Crippen molar-refractivity contribution in [1.29, 1.82) is 0 Å². The van der Waals surface area contributed by atoms with Crippen LogP contribution >= 0.6 is 0 Å². The number of aromatic nitrogens is 2. The number of likely N-dealkylation sites (N-methyl/N-ethyl adjacent to an activating group) is 1. The van der Waals surface area contributed by atoms with Crippen molar-refractivity contribution in [2.24, 2.45) is 0 Å². The molecular weight excluding hydrogens is 228 g/mol. The van der Waals surface area contributed by atoms with Crippen LogP contribution in [0.15, 0.2) is 11.2 Å². The number of rotatable bonds is 5. The van der Waals surface area contributed by atoms with Gasteiger partial charge in [0.05, 0.1) is 6.20 Å². The van der Waals surface area contributed by atoms with Crippen molar-refractivity contribution >= 4 is 10.0 Å². The molecule has 0 fully saturated rings. The Bertz CT molecular complexity index is 466. The van der Waals surface area contributed by atoms with Gasteiger partial charge >= 0.3 is 0 Å². The minimum atomic E-state index is -3.40. The molecule has 0 unspecified atom stereocenters.